The van der Waals surface area contributed by atoms with Crippen LogP contribution >= 0.6 is 15.9 Å². The predicted molar refractivity (Wildman–Crippen MR) is 88.3 cm³/mol. The van der Waals surface area contributed by atoms with E-state index in [0.717, 1.165) is 22.6 Å². The third kappa shape index (κ3) is 3.24. The maximum atomic E-state index is 6.03. The van der Waals surface area contributed by atoms with Gasteiger partial charge in [0.2, 0.25) is 0 Å². The smallest absolute Gasteiger partial charge is 0.133 e. The van der Waals surface area contributed by atoms with Gasteiger partial charge in [-0.25, -0.2) is 0 Å². The maximum absolute atomic E-state index is 6.03. The van der Waals surface area contributed by atoms with Crippen LogP contribution in [-0.4, -0.2) is 13.7 Å². The summed E-state index contributed by atoms with van der Waals surface area (Å²) in [5.41, 5.74) is 2.93. The van der Waals surface area contributed by atoms with Gasteiger partial charge in [-0.3, -0.25) is 0 Å². The largest absolute Gasteiger partial charge is 0.497 e. The maximum Gasteiger partial charge on any atom is 0.133 e. The highest BCUT2D eigenvalue weighted by Gasteiger charge is 2.20. The number of ether oxygens (including phenoxy) is 2. The summed E-state index contributed by atoms with van der Waals surface area (Å²) in [6.07, 6.45) is 3.64. The summed E-state index contributed by atoms with van der Waals surface area (Å²) in [7, 11) is 1.67. The number of rotatable bonds is 4. The zero-order valence-corrected chi connectivity index (χ0v) is 13.7. The quantitative estimate of drug-likeness (QED) is 0.779. The van der Waals surface area contributed by atoms with Crippen LogP contribution in [0.4, 0.5) is 0 Å². The second-order valence-corrected chi connectivity index (χ2v) is 6.25. The molecule has 3 rings (SSSR count). The molecule has 21 heavy (non-hydrogen) atoms. The molecule has 0 saturated carbocycles. The Labute approximate surface area is 134 Å². The number of hydrogen-bond donors (Lipinski definition) is 0. The first-order valence-electron chi connectivity index (χ1n) is 7.32. The van der Waals surface area contributed by atoms with Gasteiger partial charge < -0.3 is 9.47 Å². The molecule has 3 heteroatoms. The zero-order valence-electron chi connectivity index (χ0n) is 12.1. The average Bonchev–Trinajstić information content (AvgIpc) is 2.53. The van der Waals surface area contributed by atoms with Crippen LogP contribution in [0.15, 0.2) is 46.9 Å². The summed E-state index contributed by atoms with van der Waals surface area (Å²) >= 11 is 3.54. The summed E-state index contributed by atoms with van der Waals surface area (Å²) in [5, 5.41) is 0. The molecule has 0 N–H and O–H groups in total. The Hall–Kier alpha value is -1.48. The molecule has 1 atom stereocenters. The van der Waals surface area contributed by atoms with E-state index in [-0.39, 0.29) is 0 Å². The van der Waals surface area contributed by atoms with Gasteiger partial charge in [0.1, 0.15) is 11.5 Å². The Morgan fingerprint density at radius 2 is 2.05 bits per heavy atom. The Balaban J connectivity index is 1.71. The molecular formula is C18H19BrO2. The summed E-state index contributed by atoms with van der Waals surface area (Å²) in [5.74, 6) is 2.19. The zero-order chi connectivity index (χ0) is 14.7. The average molecular weight is 347 g/mol. The Morgan fingerprint density at radius 1 is 1.19 bits per heavy atom. The van der Waals surface area contributed by atoms with Crippen LogP contribution in [0.25, 0.3) is 0 Å². The van der Waals surface area contributed by atoms with Crippen molar-refractivity contribution in [1.82, 2.24) is 0 Å². The monoisotopic (exact) mass is 346 g/mol. The van der Waals surface area contributed by atoms with Crippen molar-refractivity contribution in [3.05, 3.63) is 58.1 Å². The van der Waals surface area contributed by atoms with Gasteiger partial charge in [-0.05, 0) is 64.5 Å². The van der Waals surface area contributed by atoms with Gasteiger partial charge in [0.25, 0.3) is 0 Å². The minimum Gasteiger partial charge on any atom is -0.497 e. The number of hydrogen-bond acceptors (Lipinski definition) is 2. The highest BCUT2D eigenvalue weighted by molar-refractivity contribution is 9.10. The van der Waals surface area contributed by atoms with Gasteiger partial charge in [0.15, 0.2) is 0 Å². The Morgan fingerprint density at radius 3 is 2.86 bits per heavy atom. The van der Waals surface area contributed by atoms with Gasteiger partial charge in [0.05, 0.1) is 18.2 Å². The second kappa shape index (κ2) is 6.52. The Kier molecular flexibility index (Phi) is 4.49. The van der Waals surface area contributed by atoms with Crippen molar-refractivity contribution in [1.29, 1.82) is 0 Å². The predicted octanol–water partition coefficient (Wildman–Crippen LogP) is 4.96. The molecule has 0 fully saturated rings. The highest BCUT2D eigenvalue weighted by Crippen LogP contribution is 2.34. The van der Waals surface area contributed by atoms with Gasteiger partial charge in [-0.1, -0.05) is 24.3 Å². The number of aryl methyl sites for hydroxylation is 1. The molecule has 0 saturated heterocycles. The van der Waals surface area contributed by atoms with E-state index in [4.69, 9.17) is 9.47 Å². The summed E-state index contributed by atoms with van der Waals surface area (Å²) in [6, 6.07) is 14.6. The van der Waals surface area contributed by atoms with Crippen molar-refractivity contribution in [2.75, 3.05) is 13.7 Å². The lowest BCUT2D eigenvalue weighted by Gasteiger charge is -2.25. The molecule has 0 radical (unpaired) electrons. The summed E-state index contributed by atoms with van der Waals surface area (Å²) in [4.78, 5) is 0. The number of methoxy groups -OCH3 is 1. The van der Waals surface area contributed by atoms with Crippen molar-refractivity contribution in [3.63, 3.8) is 0 Å². The normalized spacial score (nSPS) is 17.1. The topological polar surface area (TPSA) is 18.5 Å². The molecule has 110 valence electrons. The van der Waals surface area contributed by atoms with Gasteiger partial charge in [-0.15, -0.1) is 0 Å². The molecule has 0 amide bonds. The molecule has 0 bridgehead atoms. The van der Waals surface area contributed by atoms with Crippen LogP contribution in [0, 0.1) is 0 Å². The lowest BCUT2D eigenvalue weighted by Crippen LogP contribution is -2.16. The molecule has 0 aromatic heterocycles. The fourth-order valence-corrected chi connectivity index (χ4v) is 3.42. The SMILES string of the molecule is COc1ccc(OCC2CCCc3ccccc32)c(Br)c1. The van der Waals surface area contributed by atoms with E-state index >= 15 is 0 Å². The Bertz CT molecular complexity index is 624. The van der Waals surface area contributed by atoms with Crippen molar-refractivity contribution in [3.8, 4) is 11.5 Å². The van der Waals surface area contributed by atoms with Crippen LogP contribution in [0.1, 0.15) is 29.9 Å². The van der Waals surface area contributed by atoms with E-state index in [2.05, 4.69) is 40.2 Å². The standard InChI is InChI=1S/C18H19BrO2/c1-20-15-9-10-18(17(19)11-15)21-12-14-7-4-6-13-5-2-3-8-16(13)14/h2-3,5,8-11,14H,4,6-7,12H2,1H3. The van der Waals surface area contributed by atoms with E-state index in [9.17, 15) is 0 Å². The number of fused-ring (bicyclic) bond motifs is 1. The first kappa shape index (κ1) is 14.5. The van der Waals surface area contributed by atoms with E-state index in [1.54, 1.807) is 7.11 Å². The van der Waals surface area contributed by atoms with E-state index in [1.165, 1.54) is 30.4 Å². The van der Waals surface area contributed by atoms with Crippen LogP contribution in [0.2, 0.25) is 0 Å². The van der Waals surface area contributed by atoms with Crippen molar-refractivity contribution in [2.24, 2.45) is 0 Å². The van der Waals surface area contributed by atoms with Crippen LogP contribution in [-0.2, 0) is 6.42 Å². The van der Waals surface area contributed by atoms with E-state index in [1.807, 2.05) is 18.2 Å². The third-order valence-electron chi connectivity index (χ3n) is 4.07. The molecule has 1 aliphatic rings. The molecule has 0 aliphatic heterocycles. The van der Waals surface area contributed by atoms with Gasteiger partial charge in [0, 0.05) is 5.92 Å². The minimum absolute atomic E-state index is 0.490. The highest BCUT2D eigenvalue weighted by atomic mass is 79.9. The second-order valence-electron chi connectivity index (χ2n) is 5.40. The lowest BCUT2D eigenvalue weighted by atomic mass is 9.83. The molecule has 0 heterocycles. The molecule has 2 aromatic rings. The van der Waals surface area contributed by atoms with Gasteiger partial charge >= 0.3 is 0 Å². The van der Waals surface area contributed by atoms with Crippen molar-refractivity contribution < 1.29 is 9.47 Å². The first-order chi connectivity index (χ1) is 10.3. The van der Waals surface area contributed by atoms with Crippen LogP contribution in [0.3, 0.4) is 0 Å². The van der Waals surface area contributed by atoms with Crippen LogP contribution < -0.4 is 9.47 Å². The number of halogens is 1. The fraction of sp³-hybridized carbons (Fsp3) is 0.333. The summed E-state index contributed by atoms with van der Waals surface area (Å²) < 4.78 is 12.2. The molecular weight excluding hydrogens is 328 g/mol. The van der Waals surface area contributed by atoms with Crippen LogP contribution in [0.5, 0.6) is 11.5 Å². The fourth-order valence-electron chi connectivity index (χ4n) is 2.94. The molecule has 0 spiro atoms. The summed E-state index contributed by atoms with van der Waals surface area (Å²) in [6.45, 7) is 0.724. The first-order valence-corrected chi connectivity index (χ1v) is 8.11. The lowest BCUT2D eigenvalue weighted by molar-refractivity contribution is 0.272. The molecule has 2 aromatic carbocycles. The van der Waals surface area contributed by atoms with Crippen molar-refractivity contribution in [2.45, 2.75) is 25.2 Å². The van der Waals surface area contributed by atoms with Gasteiger partial charge in [-0.2, -0.15) is 0 Å². The minimum atomic E-state index is 0.490. The number of benzene rings is 2. The van der Waals surface area contributed by atoms with E-state index < -0.39 is 0 Å². The molecule has 2 nitrogen and oxygen atoms in total. The molecule has 1 unspecified atom stereocenters. The van der Waals surface area contributed by atoms with E-state index in [0.29, 0.717) is 5.92 Å². The third-order valence-corrected chi connectivity index (χ3v) is 4.69. The molecule has 1 aliphatic carbocycles. The van der Waals surface area contributed by atoms with Crippen molar-refractivity contribution >= 4 is 15.9 Å².